The molecule has 4 rings (SSSR count). The molecule has 1 saturated heterocycles. The fourth-order valence-corrected chi connectivity index (χ4v) is 4.71. The Hall–Kier alpha value is -2.64. The average molecular weight is 455 g/mol. The first-order chi connectivity index (χ1) is 15.3. The van der Waals surface area contributed by atoms with Crippen LogP contribution in [0.25, 0.3) is 17.2 Å². The molecule has 168 valence electrons. The largest absolute Gasteiger partial charge is 0.508 e. The van der Waals surface area contributed by atoms with Crippen molar-refractivity contribution in [2.45, 2.75) is 32.6 Å². The standard InChI is InChI=1S/C25H27FN2O3S/c1-4-25(2,3)20-15-17(5-6-21(20)29)18-11-16(12-19(26)14-18)13-22-23(30)27-24(32-22)28-7-9-31-10-8-28/h5-6,11-15,29H,4,7-10H2,1-3H3/b22-13+. The fourth-order valence-electron chi connectivity index (χ4n) is 3.75. The van der Waals surface area contributed by atoms with Crippen molar-refractivity contribution < 1.29 is 19.0 Å². The van der Waals surface area contributed by atoms with E-state index in [0.717, 1.165) is 17.5 Å². The first-order valence-electron chi connectivity index (χ1n) is 10.8. The fraction of sp³-hybridized carbons (Fsp3) is 0.360. The molecule has 2 aromatic carbocycles. The molecule has 2 aliphatic rings. The highest BCUT2D eigenvalue weighted by atomic mass is 32.2. The molecule has 0 bridgehead atoms. The molecule has 2 aliphatic heterocycles. The van der Waals surface area contributed by atoms with Crippen LogP contribution >= 0.6 is 11.8 Å². The van der Waals surface area contributed by atoms with E-state index >= 15 is 0 Å². The predicted molar refractivity (Wildman–Crippen MR) is 127 cm³/mol. The van der Waals surface area contributed by atoms with Gasteiger partial charge in [0.25, 0.3) is 5.91 Å². The van der Waals surface area contributed by atoms with E-state index in [0.29, 0.717) is 47.5 Å². The normalized spacial score (nSPS) is 18.4. The Kier molecular flexibility index (Phi) is 6.40. The van der Waals surface area contributed by atoms with Crippen LogP contribution in [-0.4, -0.2) is 47.4 Å². The number of phenolic OH excluding ortho intramolecular Hbond substituents is 1. The minimum absolute atomic E-state index is 0.210. The van der Waals surface area contributed by atoms with Gasteiger partial charge in [-0.1, -0.05) is 26.8 Å². The number of morpholine rings is 1. The Morgan fingerprint density at radius 1 is 1.19 bits per heavy atom. The summed E-state index contributed by atoms with van der Waals surface area (Å²) in [5.74, 6) is -0.456. The topological polar surface area (TPSA) is 62.1 Å². The van der Waals surface area contributed by atoms with Crippen LogP contribution in [0.1, 0.15) is 38.3 Å². The van der Waals surface area contributed by atoms with E-state index in [2.05, 4.69) is 25.8 Å². The monoisotopic (exact) mass is 454 g/mol. The van der Waals surface area contributed by atoms with Crippen LogP contribution in [0.4, 0.5) is 4.39 Å². The lowest BCUT2D eigenvalue weighted by Crippen LogP contribution is -2.38. The molecule has 0 radical (unpaired) electrons. The van der Waals surface area contributed by atoms with Crippen LogP contribution in [-0.2, 0) is 14.9 Å². The minimum atomic E-state index is -0.386. The molecular weight excluding hydrogens is 427 g/mol. The lowest BCUT2D eigenvalue weighted by atomic mass is 9.80. The first kappa shape index (κ1) is 22.6. The maximum Gasteiger partial charge on any atom is 0.286 e. The van der Waals surface area contributed by atoms with Gasteiger partial charge in [0.05, 0.1) is 18.1 Å². The van der Waals surface area contributed by atoms with E-state index in [1.807, 2.05) is 17.0 Å². The summed E-state index contributed by atoms with van der Waals surface area (Å²) in [4.78, 5) is 19.1. The predicted octanol–water partition coefficient (Wildman–Crippen LogP) is 5.19. The highest BCUT2D eigenvalue weighted by molar-refractivity contribution is 8.18. The maximum atomic E-state index is 14.5. The van der Waals surface area contributed by atoms with Crippen LogP contribution in [0.15, 0.2) is 46.3 Å². The molecule has 1 amide bonds. The Morgan fingerprint density at radius 2 is 1.94 bits per heavy atom. The number of carbonyl (C=O) groups excluding carboxylic acids is 1. The third-order valence-corrected chi connectivity index (χ3v) is 7.10. The number of benzene rings is 2. The summed E-state index contributed by atoms with van der Waals surface area (Å²) < 4.78 is 19.9. The van der Waals surface area contributed by atoms with Crippen LogP contribution < -0.4 is 0 Å². The van der Waals surface area contributed by atoms with Gasteiger partial charge in [0.15, 0.2) is 5.17 Å². The average Bonchev–Trinajstić information content (AvgIpc) is 3.14. The summed E-state index contributed by atoms with van der Waals surface area (Å²) in [6.07, 6.45) is 2.54. The van der Waals surface area contributed by atoms with Gasteiger partial charge in [-0.2, -0.15) is 4.99 Å². The Morgan fingerprint density at radius 3 is 2.66 bits per heavy atom. The molecule has 0 unspecified atom stereocenters. The zero-order valence-corrected chi connectivity index (χ0v) is 19.3. The first-order valence-corrected chi connectivity index (χ1v) is 11.6. The molecule has 5 nitrogen and oxygen atoms in total. The van der Waals surface area contributed by atoms with Gasteiger partial charge in [-0.05, 0) is 76.7 Å². The Bertz CT molecular complexity index is 1100. The number of thioether (sulfide) groups is 1. The van der Waals surface area contributed by atoms with Gasteiger partial charge >= 0.3 is 0 Å². The van der Waals surface area contributed by atoms with E-state index in [-0.39, 0.29) is 22.9 Å². The number of aliphatic imine (C=N–C) groups is 1. The number of amidine groups is 1. The lowest BCUT2D eigenvalue weighted by molar-refractivity contribution is -0.113. The molecule has 0 aliphatic carbocycles. The van der Waals surface area contributed by atoms with Gasteiger partial charge < -0.3 is 14.7 Å². The summed E-state index contributed by atoms with van der Waals surface area (Å²) >= 11 is 1.31. The molecule has 7 heteroatoms. The van der Waals surface area contributed by atoms with Gasteiger partial charge in [0.2, 0.25) is 0 Å². The van der Waals surface area contributed by atoms with Crippen molar-refractivity contribution in [3.63, 3.8) is 0 Å². The SMILES string of the molecule is CCC(C)(C)c1cc(-c2cc(F)cc(/C=C3/SC(N4CCOCC4)=NC3=O)c2)ccc1O. The summed E-state index contributed by atoms with van der Waals surface area (Å²) in [6, 6.07) is 10.1. The molecule has 1 N–H and O–H groups in total. The quantitative estimate of drug-likeness (QED) is 0.645. The zero-order valence-electron chi connectivity index (χ0n) is 18.5. The number of nitrogens with zero attached hydrogens (tertiary/aromatic N) is 2. The molecule has 1 fully saturated rings. The van der Waals surface area contributed by atoms with Gasteiger partial charge in [-0.3, -0.25) is 4.79 Å². The van der Waals surface area contributed by atoms with Gasteiger partial charge in [0.1, 0.15) is 11.6 Å². The third-order valence-electron chi connectivity index (χ3n) is 6.05. The van der Waals surface area contributed by atoms with E-state index in [9.17, 15) is 14.3 Å². The molecule has 0 spiro atoms. The number of amides is 1. The van der Waals surface area contributed by atoms with Gasteiger partial charge in [0, 0.05) is 18.7 Å². The molecule has 2 aromatic rings. The Labute approximate surface area is 192 Å². The Balaban J connectivity index is 1.63. The number of halogens is 1. The van der Waals surface area contributed by atoms with Crippen molar-refractivity contribution in [3.05, 3.63) is 58.2 Å². The van der Waals surface area contributed by atoms with Gasteiger partial charge in [-0.15, -0.1) is 0 Å². The van der Waals surface area contributed by atoms with Crippen molar-refractivity contribution >= 4 is 28.9 Å². The highest BCUT2D eigenvalue weighted by Crippen LogP contribution is 2.37. The van der Waals surface area contributed by atoms with Crippen LogP contribution in [0, 0.1) is 5.82 Å². The van der Waals surface area contributed by atoms with E-state index in [4.69, 9.17) is 4.74 Å². The molecule has 32 heavy (non-hydrogen) atoms. The molecular formula is C25H27FN2O3S. The number of hydrogen-bond acceptors (Lipinski definition) is 5. The van der Waals surface area contributed by atoms with Crippen molar-refractivity contribution in [1.29, 1.82) is 0 Å². The van der Waals surface area contributed by atoms with E-state index in [1.165, 1.54) is 23.9 Å². The third kappa shape index (κ3) is 4.74. The zero-order chi connectivity index (χ0) is 22.9. The van der Waals surface area contributed by atoms with E-state index < -0.39 is 0 Å². The molecule has 0 atom stereocenters. The second-order valence-electron chi connectivity index (χ2n) is 8.65. The number of rotatable bonds is 4. The summed E-state index contributed by atoms with van der Waals surface area (Å²) in [7, 11) is 0. The molecule has 0 saturated carbocycles. The number of carbonyl (C=O) groups is 1. The van der Waals surface area contributed by atoms with Crippen molar-refractivity contribution in [2.24, 2.45) is 4.99 Å². The number of hydrogen-bond donors (Lipinski definition) is 1. The summed E-state index contributed by atoms with van der Waals surface area (Å²) in [5.41, 5.74) is 2.72. The van der Waals surface area contributed by atoms with Crippen LogP contribution in [0.5, 0.6) is 5.75 Å². The second kappa shape index (κ2) is 9.08. The molecule has 0 aromatic heterocycles. The van der Waals surface area contributed by atoms with Gasteiger partial charge in [-0.25, -0.2) is 4.39 Å². The summed E-state index contributed by atoms with van der Waals surface area (Å²) in [5, 5.41) is 11.0. The lowest BCUT2D eigenvalue weighted by Gasteiger charge is -2.27. The van der Waals surface area contributed by atoms with Crippen molar-refractivity contribution in [1.82, 2.24) is 4.90 Å². The maximum absolute atomic E-state index is 14.5. The number of ether oxygens (including phenoxy) is 1. The smallest absolute Gasteiger partial charge is 0.286 e. The minimum Gasteiger partial charge on any atom is -0.508 e. The second-order valence-corrected chi connectivity index (χ2v) is 9.66. The number of phenols is 1. The van der Waals surface area contributed by atoms with E-state index in [1.54, 1.807) is 18.2 Å². The van der Waals surface area contributed by atoms with Crippen molar-refractivity contribution in [3.8, 4) is 16.9 Å². The number of aromatic hydroxyl groups is 1. The van der Waals surface area contributed by atoms with Crippen molar-refractivity contribution in [2.75, 3.05) is 26.3 Å². The molecule has 2 heterocycles. The summed E-state index contributed by atoms with van der Waals surface area (Å²) in [6.45, 7) is 8.85. The highest BCUT2D eigenvalue weighted by Gasteiger charge is 2.27. The van der Waals surface area contributed by atoms with Crippen LogP contribution in [0.3, 0.4) is 0 Å². The van der Waals surface area contributed by atoms with Crippen LogP contribution in [0.2, 0.25) is 0 Å².